The van der Waals surface area contributed by atoms with Crippen molar-refractivity contribution in [3.8, 4) is 0 Å². The van der Waals surface area contributed by atoms with Crippen LogP contribution >= 0.6 is 0 Å². The van der Waals surface area contributed by atoms with E-state index in [2.05, 4.69) is 15.7 Å². The Hall–Kier alpha value is -1.72. The number of nitrogens with two attached hydrogens (primary N) is 1. The molecular formula is C12H21N5O. The zero-order valence-corrected chi connectivity index (χ0v) is 11.0. The van der Waals surface area contributed by atoms with Crippen LogP contribution in [0.3, 0.4) is 0 Å². The number of rotatable bonds is 2. The molecule has 1 aliphatic rings. The van der Waals surface area contributed by atoms with Gasteiger partial charge >= 0.3 is 6.03 Å². The highest BCUT2D eigenvalue weighted by Gasteiger charge is 2.17. The van der Waals surface area contributed by atoms with Gasteiger partial charge in [-0.05, 0) is 19.8 Å². The first-order valence-corrected chi connectivity index (χ1v) is 6.44. The fraction of sp³-hybridized carbons (Fsp3) is 0.667. The Morgan fingerprint density at radius 1 is 1.39 bits per heavy atom. The molecule has 100 valence electrons. The molecule has 0 saturated heterocycles. The summed E-state index contributed by atoms with van der Waals surface area (Å²) in [7, 11) is 1.76. The fourth-order valence-electron chi connectivity index (χ4n) is 2.40. The van der Waals surface area contributed by atoms with E-state index >= 15 is 0 Å². The number of nitrogen functional groups attached to an aromatic ring is 1. The van der Waals surface area contributed by atoms with Crippen molar-refractivity contribution in [2.45, 2.75) is 45.1 Å². The number of nitrogens with one attached hydrogen (secondary N) is 2. The maximum Gasteiger partial charge on any atom is 0.320 e. The van der Waals surface area contributed by atoms with Crippen LogP contribution in [0.15, 0.2) is 0 Å². The lowest BCUT2D eigenvalue weighted by Crippen LogP contribution is -2.39. The molecule has 1 heterocycles. The van der Waals surface area contributed by atoms with Gasteiger partial charge in [-0.2, -0.15) is 5.10 Å². The molecule has 1 saturated carbocycles. The van der Waals surface area contributed by atoms with Crippen LogP contribution in [-0.4, -0.2) is 21.9 Å². The van der Waals surface area contributed by atoms with Gasteiger partial charge < -0.3 is 11.1 Å². The van der Waals surface area contributed by atoms with Gasteiger partial charge in [0.15, 0.2) is 5.82 Å². The molecule has 0 aliphatic heterocycles. The number of aromatic nitrogens is 2. The van der Waals surface area contributed by atoms with E-state index in [1.807, 2.05) is 6.92 Å². The number of anilines is 2. The van der Waals surface area contributed by atoms with Crippen LogP contribution in [0.25, 0.3) is 0 Å². The van der Waals surface area contributed by atoms with Crippen molar-refractivity contribution in [3.63, 3.8) is 0 Å². The van der Waals surface area contributed by atoms with Gasteiger partial charge in [-0.25, -0.2) is 4.79 Å². The van der Waals surface area contributed by atoms with Gasteiger partial charge in [0.05, 0.1) is 11.4 Å². The molecule has 6 heteroatoms. The number of urea groups is 1. The van der Waals surface area contributed by atoms with E-state index in [1.165, 1.54) is 19.3 Å². The molecule has 0 unspecified atom stereocenters. The summed E-state index contributed by atoms with van der Waals surface area (Å²) in [6, 6.07) is 0.0888. The van der Waals surface area contributed by atoms with Crippen LogP contribution < -0.4 is 16.4 Å². The van der Waals surface area contributed by atoms with Gasteiger partial charge in [0.2, 0.25) is 0 Å². The van der Waals surface area contributed by atoms with Crippen molar-refractivity contribution in [3.05, 3.63) is 5.69 Å². The number of amides is 2. The molecule has 6 nitrogen and oxygen atoms in total. The standard InChI is InChI=1S/C12H21N5O/c1-8-10(13)11(17(2)16-8)15-12(18)14-9-6-4-3-5-7-9/h9H,3-7,13H2,1-2H3,(H2,14,15,18). The Balaban J connectivity index is 1.94. The summed E-state index contributed by atoms with van der Waals surface area (Å²) < 4.78 is 1.59. The molecule has 1 fully saturated rings. The molecule has 1 aromatic rings. The monoisotopic (exact) mass is 251 g/mol. The first-order valence-electron chi connectivity index (χ1n) is 6.44. The summed E-state index contributed by atoms with van der Waals surface area (Å²) >= 11 is 0. The first-order chi connectivity index (χ1) is 8.58. The third-order valence-electron chi connectivity index (χ3n) is 3.44. The molecule has 0 spiro atoms. The molecule has 1 aliphatic carbocycles. The molecule has 2 rings (SSSR count). The van der Waals surface area contributed by atoms with Crippen LogP contribution in [0.5, 0.6) is 0 Å². The van der Waals surface area contributed by atoms with Gasteiger partial charge in [-0.3, -0.25) is 10.00 Å². The van der Waals surface area contributed by atoms with Crippen LogP contribution in [0.4, 0.5) is 16.3 Å². The predicted molar refractivity (Wildman–Crippen MR) is 71.4 cm³/mol. The number of carbonyl (C=O) groups is 1. The lowest BCUT2D eigenvalue weighted by Gasteiger charge is -2.22. The lowest BCUT2D eigenvalue weighted by molar-refractivity contribution is 0.244. The summed E-state index contributed by atoms with van der Waals surface area (Å²) in [6.45, 7) is 1.82. The Bertz CT molecular complexity index is 434. The molecule has 1 aromatic heterocycles. The summed E-state index contributed by atoms with van der Waals surface area (Å²) in [5, 5.41) is 9.92. The second-order valence-electron chi connectivity index (χ2n) is 4.90. The van der Waals surface area contributed by atoms with Crippen LogP contribution in [-0.2, 0) is 7.05 Å². The number of aryl methyl sites for hydroxylation is 2. The highest BCUT2D eigenvalue weighted by atomic mass is 16.2. The minimum absolute atomic E-state index is 0.198. The van der Waals surface area contributed by atoms with E-state index in [1.54, 1.807) is 11.7 Å². The van der Waals surface area contributed by atoms with Crippen molar-refractivity contribution < 1.29 is 4.79 Å². The number of hydrogen-bond donors (Lipinski definition) is 3. The first kappa shape index (κ1) is 12.7. The molecule has 2 amide bonds. The number of nitrogens with zero attached hydrogens (tertiary/aromatic N) is 2. The van der Waals surface area contributed by atoms with Crippen molar-refractivity contribution in [2.75, 3.05) is 11.1 Å². The van der Waals surface area contributed by atoms with Gasteiger partial charge in [-0.1, -0.05) is 19.3 Å². The fourth-order valence-corrected chi connectivity index (χ4v) is 2.40. The van der Waals surface area contributed by atoms with Crippen LogP contribution in [0.2, 0.25) is 0 Å². The van der Waals surface area contributed by atoms with Crippen LogP contribution in [0.1, 0.15) is 37.8 Å². The Morgan fingerprint density at radius 2 is 2.06 bits per heavy atom. The minimum atomic E-state index is -0.198. The van der Waals surface area contributed by atoms with Gasteiger partial charge in [0, 0.05) is 13.1 Å². The minimum Gasteiger partial charge on any atom is -0.394 e. The zero-order chi connectivity index (χ0) is 13.1. The van der Waals surface area contributed by atoms with Crippen molar-refractivity contribution in [1.29, 1.82) is 0 Å². The smallest absolute Gasteiger partial charge is 0.320 e. The summed E-state index contributed by atoms with van der Waals surface area (Å²) in [5.41, 5.74) is 7.11. The van der Waals surface area contributed by atoms with Gasteiger partial charge in [0.25, 0.3) is 0 Å². The quantitative estimate of drug-likeness (QED) is 0.748. The molecule has 0 aromatic carbocycles. The van der Waals surface area contributed by atoms with E-state index in [-0.39, 0.29) is 12.1 Å². The maximum absolute atomic E-state index is 11.9. The average molecular weight is 251 g/mol. The van der Waals surface area contributed by atoms with Crippen molar-refractivity contribution in [1.82, 2.24) is 15.1 Å². The average Bonchev–Trinajstić information content (AvgIpc) is 2.57. The van der Waals surface area contributed by atoms with E-state index < -0.39 is 0 Å². The number of carbonyl (C=O) groups excluding carboxylic acids is 1. The normalized spacial score (nSPS) is 16.6. The topological polar surface area (TPSA) is 85.0 Å². The largest absolute Gasteiger partial charge is 0.394 e. The molecule has 0 bridgehead atoms. The number of hydrogen-bond acceptors (Lipinski definition) is 3. The van der Waals surface area contributed by atoms with Crippen molar-refractivity contribution >= 4 is 17.5 Å². The molecule has 18 heavy (non-hydrogen) atoms. The van der Waals surface area contributed by atoms with E-state index in [0.29, 0.717) is 11.5 Å². The molecule has 0 atom stereocenters. The summed E-state index contributed by atoms with van der Waals surface area (Å²) in [6.07, 6.45) is 5.78. The Morgan fingerprint density at radius 3 is 2.61 bits per heavy atom. The Labute approximate surface area is 107 Å². The zero-order valence-electron chi connectivity index (χ0n) is 11.0. The van der Waals surface area contributed by atoms with Crippen molar-refractivity contribution in [2.24, 2.45) is 7.05 Å². The molecular weight excluding hydrogens is 230 g/mol. The van der Waals surface area contributed by atoms with Gasteiger partial charge in [-0.15, -0.1) is 0 Å². The third kappa shape index (κ3) is 2.75. The highest BCUT2D eigenvalue weighted by molar-refractivity contribution is 5.91. The second-order valence-corrected chi connectivity index (χ2v) is 4.90. The van der Waals surface area contributed by atoms with Crippen LogP contribution in [0, 0.1) is 6.92 Å². The van der Waals surface area contributed by atoms with E-state index in [9.17, 15) is 4.79 Å². The maximum atomic E-state index is 11.9. The second kappa shape index (κ2) is 5.29. The summed E-state index contributed by atoms with van der Waals surface area (Å²) in [4.78, 5) is 11.9. The lowest BCUT2D eigenvalue weighted by atomic mass is 9.96. The van der Waals surface area contributed by atoms with Gasteiger partial charge in [0.1, 0.15) is 0 Å². The highest BCUT2D eigenvalue weighted by Crippen LogP contribution is 2.21. The third-order valence-corrected chi connectivity index (χ3v) is 3.44. The summed E-state index contributed by atoms with van der Waals surface area (Å²) in [5.74, 6) is 0.556. The predicted octanol–water partition coefficient (Wildman–Crippen LogP) is 1.76. The molecule has 4 N–H and O–H groups in total. The molecule has 0 radical (unpaired) electrons. The van der Waals surface area contributed by atoms with E-state index in [4.69, 9.17) is 5.73 Å². The Kier molecular flexibility index (Phi) is 3.74. The van der Waals surface area contributed by atoms with E-state index in [0.717, 1.165) is 18.5 Å². The SMILES string of the molecule is Cc1nn(C)c(NC(=O)NC2CCCCC2)c1N.